The summed E-state index contributed by atoms with van der Waals surface area (Å²) in [5, 5.41) is 0.949. The van der Waals surface area contributed by atoms with Crippen molar-refractivity contribution < 1.29 is 9.53 Å². The summed E-state index contributed by atoms with van der Waals surface area (Å²) in [6.07, 6.45) is 1.19. The molecule has 19 heavy (non-hydrogen) atoms. The average Bonchev–Trinajstić information content (AvgIpc) is 2.93. The molecule has 0 radical (unpaired) electrons. The SMILES string of the molecule is COC(=O)c1sc(N2CCC(C(C)(C)C)C2)nc1C. The Balaban J connectivity index is 2.14. The van der Waals surface area contributed by atoms with Crippen LogP contribution in [-0.2, 0) is 4.74 Å². The van der Waals surface area contributed by atoms with Gasteiger partial charge in [-0.3, -0.25) is 0 Å². The molecule has 0 bridgehead atoms. The van der Waals surface area contributed by atoms with Gasteiger partial charge in [-0.1, -0.05) is 32.1 Å². The molecule has 0 saturated carbocycles. The van der Waals surface area contributed by atoms with E-state index >= 15 is 0 Å². The summed E-state index contributed by atoms with van der Waals surface area (Å²) < 4.78 is 4.78. The zero-order chi connectivity index (χ0) is 14.2. The minimum absolute atomic E-state index is 0.284. The predicted octanol–water partition coefficient (Wildman–Crippen LogP) is 3.11. The smallest absolute Gasteiger partial charge is 0.350 e. The van der Waals surface area contributed by atoms with Gasteiger partial charge in [0.25, 0.3) is 0 Å². The van der Waals surface area contributed by atoms with E-state index in [0.29, 0.717) is 16.2 Å². The topological polar surface area (TPSA) is 42.4 Å². The van der Waals surface area contributed by atoms with Gasteiger partial charge in [-0.25, -0.2) is 9.78 Å². The molecule has 0 aromatic carbocycles. The van der Waals surface area contributed by atoms with E-state index in [0.717, 1.165) is 23.9 Å². The second-order valence-corrected chi connectivity index (χ2v) is 7.18. The second kappa shape index (κ2) is 5.12. The number of hydrogen-bond acceptors (Lipinski definition) is 5. The molecule has 1 unspecified atom stereocenters. The highest BCUT2D eigenvalue weighted by molar-refractivity contribution is 7.17. The minimum Gasteiger partial charge on any atom is -0.465 e. The lowest BCUT2D eigenvalue weighted by atomic mass is 9.80. The zero-order valence-corrected chi connectivity index (χ0v) is 13.1. The molecule has 0 spiro atoms. The lowest BCUT2D eigenvalue weighted by Crippen LogP contribution is -2.25. The molecule has 0 N–H and O–H groups in total. The lowest BCUT2D eigenvalue weighted by Gasteiger charge is -2.26. The number of esters is 1. The van der Waals surface area contributed by atoms with E-state index in [-0.39, 0.29) is 5.97 Å². The summed E-state index contributed by atoms with van der Waals surface area (Å²) >= 11 is 1.44. The van der Waals surface area contributed by atoms with Crippen LogP contribution in [0.5, 0.6) is 0 Å². The number of anilines is 1. The summed E-state index contributed by atoms with van der Waals surface area (Å²) in [6.45, 7) is 10.8. The molecule has 1 saturated heterocycles. The first-order valence-electron chi connectivity index (χ1n) is 6.63. The first kappa shape index (κ1) is 14.3. The standard InChI is InChI=1S/C14H22N2O2S/c1-9-11(12(17)18-5)19-13(15-9)16-7-6-10(8-16)14(2,3)4/h10H,6-8H2,1-5H3. The Labute approximate surface area is 118 Å². The van der Waals surface area contributed by atoms with Crippen LogP contribution in [-0.4, -0.2) is 31.2 Å². The molecule has 0 aliphatic carbocycles. The molecule has 1 atom stereocenters. The van der Waals surface area contributed by atoms with Crippen molar-refractivity contribution in [2.45, 2.75) is 34.1 Å². The largest absolute Gasteiger partial charge is 0.465 e. The van der Waals surface area contributed by atoms with Crippen molar-refractivity contribution in [3.63, 3.8) is 0 Å². The summed E-state index contributed by atoms with van der Waals surface area (Å²) in [6, 6.07) is 0. The van der Waals surface area contributed by atoms with Gasteiger partial charge in [-0.05, 0) is 24.7 Å². The van der Waals surface area contributed by atoms with E-state index in [1.54, 1.807) is 0 Å². The van der Waals surface area contributed by atoms with Crippen molar-refractivity contribution in [3.05, 3.63) is 10.6 Å². The average molecular weight is 282 g/mol. The van der Waals surface area contributed by atoms with E-state index in [1.165, 1.54) is 24.9 Å². The van der Waals surface area contributed by atoms with Gasteiger partial charge in [0.2, 0.25) is 0 Å². The number of rotatable bonds is 2. The molecule has 1 aromatic rings. The maximum absolute atomic E-state index is 11.6. The molecule has 106 valence electrons. The number of aromatic nitrogens is 1. The summed E-state index contributed by atoms with van der Waals surface area (Å²) in [7, 11) is 1.41. The third-order valence-corrected chi connectivity index (χ3v) is 5.04. The van der Waals surface area contributed by atoms with Crippen LogP contribution in [0, 0.1) is 18.3 Å². The molecule has 2 rings (SSSR count). The Kier molecular flexibility index (Phi) is 3.85. The third kappa shape index (κ3) is 2.91. The number of carbonyl (C=O) groups excluding carboxylic acids is 1. The Hall–Kier alpha value is -1.10. The molecule has 1 aromatic heterocycles. The Morgan fingerprint density at radius 1 is 1.47 bits per heavy atom. The van der Waals surface area contributed by atoms with E-state index in [4.69, 9.17) is 4.74 Å². The van der Waals surface area contributed by atoms with Gasteiger partial charge in [0.1, 0.15) is 4.88 Å². The zero-order valence-electron chi connectivity index (χ0n) is 12.3. The molecule has 1 fully saturated rings. The third-order valence-electron chi connectivity index (χ3n) is 3.84. The fourth-order valence-corrected chi connectivity index (χ4v) is 3.46. The number of carbonyl (C=O) groups is 1. The van der Waals surface area contributed by atoms with Gasteiger partial charge in [0, 0.05) is 13.1 Å². The minimum atomic E-state index is -0.284. The first-order chi connectivity index (χ1) is 8.82. The van der Waals surface area contributed by atoms with Crippen molar-refractivity contribution in [3.8, 4) is 0 Å². The maximum Gasteiger partial charge on any atom is 0.350 e. The van der Waals surface area contributed by atoms with Gasteiger partial charge >= 0.3 is 5.97 Å². The molecule has 1 aliphatic heterocycles. The van der Waals surface area contributed by atoms with Crippen molar-refractivity contribution >= 4 is 22.4 Å². The van der Waals surface area contributed by atoms with E-state index < -0.39 is 0 Å². The number of methoxy groups -OCH3 is 1. The van der Waals surface area contributed by atoms with Crippen molar-refractivity contribution in [1.82, 2.24) is 4.98 Å². The molecule has 0 amide bonds. The highest BCUT2D eigenvalue weighted by Gasteiger charge is 2.33. The Morgan fingerprint density at radius 3 is 2.68 bits per heavy atom. The number of hydrogen-bond donors (Lipinski definition) is 0. The Morgan fingerprint density at radius 2 is 2.16 bits per heavy atom. The van der Waals surface area contributed by atoms with Gasteiger partial charge in [0.15, 0.2) is 5.13 Å². The fraction of sp³-hybridized carbons (Fsp3) is 0.714. The highest BCUT2D eigenvalue weighted by atomic mass is 32.1. The van der Waals surface area contributed by atoms with Crippen LogP contribution in [0.4, 0.5) is 5.13 Å². The van der Waals surface area contributed by atoms with E-state index in [1.807, 2.05) is 6.92 Å². The molecule has 2 heterocycles. The number of nitrogens with zero attached hydrogens (tertiary/aromatic N) is 2. The van der Waals surface area contributed by atoms with Crippen LogP contribution in [0.1, 0.15) is 42.6 Å². The summed E-state index contributed by atoms with van der Waals surface area (Å²) in [4.78, 5) is 19.1. The summed E-state index contributed by atoms with van der Waals surface area (Å²) in [5.74, 6) is 0.395. The van der Waals surface area contributed by atoms with Gasteiger partial charge in [0.05, 0.1) is 12.8 Å². The Bertz CT molecular complexity index is 476. The van der Waals surface area contributed by atoms with Gasteiger partial charge in [-0.15, -0.1) is 0 Å². The monoisotopic (exact) mass is 282 g/mol. The van der Waals surface area contributed by atoms with Gasteiger partial charge in [-0.2, -0.15) is 0 Å². The fourth-order valence-electron chi connectivity index (χ4n) is 2.44. The quantitative estimate of drug-likeness (QED) is 0.782. The number of thiazole rings is 1. The van der Waals surface area contributed by atoms with Crippen LogP contribution in [0.2, 0.25) is 0 Å². The second-order valence-electron chi connectivity index (χ2n) is 6.20. The molecular formula is C14H22N2O2S. The lowest BCUT2D eigenvalue weighted by molar-refractivity contribution is 0.0605. The first-order valence-corrected chi connectivity index (χ1v) is 7.45. The normalized spacial score (nSPS) is 19.8. The van der Waals surface area contributed by atoms with Crippen LogP contribution in [0.25, 0.3) is 0 Å². The summed E-state index contributed by atoms with van der Waals surface area (Å²) in [5.41, 5.74) is 1.10. The van der Waals surface area contributed by atoms with Gasteiger partial charge < -0.3 is 9.64 Å². The number of aryl methyl sites for hydroxylation is 1. The van der Waals surface area contributed by atoms with E-state index in [2.05, 4.69) is 30.7 Å². The van der Waals surface area contributed by atoms with Crippen molar-refractivity contribution in [2.75, 3.05) is 25.1 Å². The van der Waals surface area contributed by atoms with Crippen LogP contribution in [0.15, 0.2) is 0 Å². The molecule has 4 nitrogen and oxygen atoms in total. The molecule has 1 aliphatic rings. The van der Waals surface area contributed by atoms with Crippen LogP contribution in [0.3, 0.4) is 0 Å². The molecular weight excluding hydrogens is 260 g/mol. The van der Waals surface area contributed by atoms with Crippen molar-refractivity contribution in [1.29, 1.82) is 0 Å². The number of ether oxygens (including phenoxy) is 1. The predicted molar refractivity (Wildman–Crippen MR) is 78.0 cm³/mol. The van der Waals surface area contributed by atoms with Crippen LogP contribution < -0.4 is 4.90 Å². The molecule has 5 heteroatoms. The van der Waals surface area contributed by atoms with Crippen LogP contribution >= 0.6 is 11.3 Å². The maximum atomic E-state index is 11.6. The highest BCUT2D eigenvalue weighted by Crippen LogP contribution is 2.37. The van der Waals surface area contributed by atoms with E-state index in [9.17, 15) is 4.79 Å². The van der Waals surface area contributed by atoms with Crippen molar-refractivity contribution in [2.24, 2.45) is 11.3 Å².